The Morgan fingerprint density at radius 2 is 2.05 bits per heavy atom. The molecular formula is C15H17F2NO4. The number of carboxylic acids is 1. The lowest BCUT2D eigenvalue weighted by Gasteiger charge is -2.20. The molecule has 0 spiro atoms. The summed E-state index contributed by atoms with van der Waals surface area (Å²) in [6, 6.07) is 2.35. The van der Waals surface area contributed by atoms with Crippen molar-refractivity contribution < 1.29 is 28.2 Å². The van der Waals surface area contributed by atoms with Gasteiger partial charge in [0.15, 0.2) is 6.10 Å². The van der Waals surface area contributed by atoms with Crippen LogP contribution in [0.5, 0.6) is 0 Å². The number of hydrogen-bond acceptors (Lipinski definition) is 3. The lowest BCUT2D eigenvalue weighted by atomic mass is 10.0. The molecule has 0 saturated carbocycles. The average molecular weight is 313 g/mol. The van der Waals surface area contributed by atoms with Crippen molar-refractivity contribution in [2.45, 2.75) is 44.4 Å². The molecule has 0 radical (unpaired) electrons. The van der Waals surface area contributed by atoms with E-state index in [0.29, 0.717) is 6.42 Å². The molecule has 1 aliphatic heterocycles. The van der Waals surface area contributed by atoms with Gasteiger partial charge in [-0.2, -0.15) is 0 Å². The summed E-state index contributed by atoms with van der Waals surface area (Å²) < 4.78 is 32.2. The molecule has 0 bridgehead atoms. The summed E-state index contributed by atoms with van der Waals surface area (Å²) in [5.41, 5.74) is 0.0589. The van der Waals surface area contributed by atoms with E-state index in [0.717, 1.165) is 18.2 Å². The van der Waals surface area contributed by atoms with E-state index in [-0.39, 0.29) is 18.4 Å². The maximum atomic E-state index is 13.8. The smallest absolute Gasteiger partial charge is 0.332 e. The molecule has 1 amide bonds. The van der Waals surface area contributed by atoms with Crippen molar-refractivity contribution >= 4 is 11.9 Å². The zero-order chi connectivity index (χ0) is 16.3. The van der Waals surface area contributed by atoms with Crippen molar-refractivity contribution in [1.82, 2.24) is 5.32 Å². The van der Waals surface area contributed by atoms with E-state index in [2.05, 4.69) is 5.32 Å². The number of hydrogen-bond donors (Lipinski definition) is 2. The number of amides is 1. The molecule has 1 aromatic rings. The zero-order valence-electron chi connectivity index (χ0n) is 12.0. The highest BCUT2D eigenvalue weighted by Crippen LogP contribution is 2.24. The normalized spacial score (nSPS) is 22.3. The number of carboxylic acid groups (broad SMARTS) is 1. The van der Waals surface area contributed by atoms with Crippen LogP contribution in [0.15, 0.2) is 18.2 Å². The second kappa shape index (κ2) is 6.83. The fraction of sp³-hybridized carbons (Fsp3) is 0.467. The Balaban J connectivity index is 2.06. The van der Waals surface area contributed by atoms with E-state index in [1.54, 1.807) is 6.92 Å². The van der Waals surface area contributed by atoms with E-state index in [1.165, 1.54) is 0 Å². The third-order valence-corrected chi connectivity index (χ3v) is 3.65. The number of nitrogens with one attached hydrogen (secondary N) is 1. The summed E-state index contributed by atoms with van der Waals surface area (Å²) in [7, 11) is 0. The molecule has 22 heavy (non-hydrogen) atoms. The second-order valence-corrected chi connectivity index (χ2v) is 5.16. The summed E-state index contributed by atoms with van der Waals surface area (Å²) in [5, 5.41) is 11.4. The molecule has 5 nitrogen and oxygen atoms in total. The van der Waals surface area contributed by atoms with E-state index in [4.69, 9.17) is 9.84 Å². The highest BCUT2D eigenvalue weighted by Gasteiger charge is 2.35. The van der Waals surface area contributed by atoms with Crippen LogP contribution in [-0.4, -0.2) is 29.2 Å². The first-order chi connectivity index (χ1) is 10.4. The third kappa shape index (κ3) is 3.59. The van der Waals surface area contributed by atoms with Crippen LogP contribution >= 0.6 is 0 Å². The molecule has 0 aliphatic carbocycles. The average Bonchev–Trinajstić information content (AvgIpc) is 2.97. The monoisotopic (exact) mass is 313 g/mol. The lowest BCUT2D eigenvalue weighted by Crippen LogP contribution is -2.38. The number of halogens is 2. The minimum atomic E-state index is -1.11. The molecule has 7 heteroatoms. The van der Waals surface area contributed by atoms with Crippen LogP contribution in [0.4, 0.5) is 8.78 Å². The Hall–Kier alpha value is -2.02. The second-order valence-electron chi connectivity index (χ2n) is 5.16. The van der Waals surface area contributed by atoms with E-state index in [1.807, 2.05) is 0 Å². The molecule has 1 unspecified atom stereocenters. The van der Waals surface area contributed by atoms with E-state index >= 15 is 0 Å². The number of benzene rings is 1. The van der Waals surface area contributed by atoms with Gasteiger partial charge in [0.1, 0.15) is 17.7 Å². The van der Waals surface area contributed by atoms with Crippen LogP contribution in [0.3, 0.4) is 0 Å². The summed E-state index contributed by atoms with van der Waals surface area (Å²) >= 11 is 0. The van der Waals surface area contributed by atoms with Crippen LogP contribution in [0.1, 0.15) is 37.8 Å². The predicted octanol–water partition coefficient (Wildman–Crippen LogP) is 2.16. The van der Waals surface area contributed by atoms with Crippen LogP contribution in [0.25, 0.3) is 0 Å². The third-order valence-electron chi connectivity index (χ3n) is 3.65. The van der Waals surface area contributed by atoms with Gasteiger partial charge in [0.25, 0.3) is 0 Å². The summed E-state index contributed by atoms with van der Waals surface area (Å²) in [5.74, 6) is -2.82. The number of ether oxygens (including phenoxy) is 1. The van der Waals surface area contributed by atoms with Crippen molar-refractivity contribution in [2.75, 3.05) is 0 Å². The molecule has 3 atom stereocenters. The van der Waals surface area contributed by atoms with Gasteiger partial charge in [-0.3, -0.25) is 4.79 Å². The zero-order valence-corrected chi connectivity index (χ0v) is 12.0. The predicted molar refractivity (Wildman–Crippen MR) is 73.1 cm³/mol. The van der Waals surface area contributed by atoms with Gasteiger partial charge in [-0.1, -0.05) is 6.92 Å². The number of rotatable bonds is 5. The van der Waals surface area contributed by atoms with E-state index in [9.17, 15) is 18.4 Å². The molecule has 1 heterocycles. The molecule has 2 N–H and O–H groups in total. The molecule has 2 rings (SSSR count). The molecule has 1 saturated heterocycles. The fourth-order valence-electron chi connectivity index (χ4n) is 2.46. The molecule has 1 aliphatic rings. The molecular weight excluding hydrogens is 296 g/mol. The highest BCUT2D eigenvalue weighted by atomic mass is 19.1. The van der Waals surface area contributed by atoms with Gasteiger partial charge in [0.2, 0.25) is 5.91 Å². The van der Waals surface area contributed by atoms with Crippen molar-refractivity contribution in [3.8, 4) is 0 Å². The van der Waals surface area contributed by atoms with Crippen molar-refractivity contribution in [3.63, 3.8) is 0 Å². The Labute approximate surface area is 126 Å². The number of aliphatic carboxylic acids is 1. The summed E-state index contributed by atoms with van der Waals surface area (Å²) in [6.07, 6.45) is -0.988. The van der Waals surface area contributed by atoms with Gasteiger partial charge in [-0.05, 0) is 37.5 Å². The molecule has 1 aromatic carbocycles. The van der Waals surface area contributed by atoms with Gasteiger partial charge in [0, 0.05) is 5.56 Å². The number of carbonyl (C=O) groups excluding carboxylic acids is 1. The minimum Gasteiger partial charge on any atom is -0.479 e. The summed E-state index contributed by atoms with van der Waals surface area (Å²) in [4.78, 5) is 22.9. The quantitative estimate of drug-likeness (QED) is 0.873. The SMILES string of the molecule is CCC(NC(=O)[C@@H]1CC[C@H](C(=O)O)O1)c1cc(F)ccc1F. The maximum absolute atomic E-state index is 13.8. The van der Waals surface area contributed by atoms with Crippen LogP contribution in [0.2, 0.25) is 0 Å². The number of carbonyl (C=O) groups is 2. The minimum absolute atomic E-state index is 0.0589. The first-order valence-electron chi connectivity index (χ1n) is 7.06. The maximum Gasteiger partial charge on any atom is 0.332 e. The standard InChI is InChI=1S/C15H17F2NO4/c1-2-11(9-7-8(16)3-4-10(9)17)18-14(19)12-5-6-13(22-12)15(20)21/h3-4,7,11-13H,2,5-6H2,1H3,(H,18,19)(H,20,21)/t11?,12-,13+/m0/s1. The highest BCUT2D eigenvalue weighted by molar-refractivity contribution is 5.83. The Morgan fingerprint density at radius 3 is 2.64 bits per heavy atom. The van der Waals surface area contributed by atoms with Crippen molar-refractivity contribution in [3.05, 3.63) is 35.4 Å². The van der Waals surface area contributed by atoms with Crippen LogP contribution < -0.4 is 5.32 Å². The van der Waals surface area contributed by atoms with Gasteiger partial charge < -0.3 is 15.2 Å². The Bertz CT molecular complexity index is 579. The summed E-state index contributed by atoms with van der Waals surface area (Å²) in [6.45, 7) is 1.73. The van der Waals surface area contributed by atoms with Crippen molar-refractivity contribution in [1.29, 1.82) is 0 Å². The molecule has 0 aromatic heterocycles. The van der Waals surface area contributed by atoms with E-state index < -0.39 is 41.8 Å². The lowest BCUT2D eigenvalue weighted by molar-refractivity contribution is -0.151. The molecule has 1 fully saturated rings. The largest absolute Gasteiger partial charge is 0.479 e. The van der Waals surface area contributed by atoms with Gasteiger partial charge in [-0.25, -0.2) is 13.6 Å². The van der Waals surface area contributed by atoms with Gasteiger partial charge in [0.05, 0.1) is 6.04 Å². The van der Waals surface area contributed by atoms with Crippen molar-refractivity contribution in [2.24, 2.45) is 0 Å². The Morgan fingerprint density at radius 1 is 1.36 bits per heavy atom. The Kier molecular flexibility index (Phi) is 5.07. The first-order valence-corrected chi connectivity index (χ1v) is 7.06. The fourth-order valence-corrected chi connectivity index (χ4v) is 2.46. The molecule has 120 valence electrons. The topological polar surface area (TPSA) is 75.6 Å². The van der Waals surface area contributed by atoms with Gasteiger partial charge >= 0.3 is 5.97 Å². The van der Waals surface area contributed by atoms with Crippen LogP contribution in [0, 0.1) is 11.6 Å². The van der Waals surface area contributed by atoms with Crippen LogP contribution in [-0.2, 0) is 14.3 Å². The first kappa shape index (κ1) is 16.4. The van der Waals surface area contributed by atoms with Gasteiger partial charge in [-0.15, -0.1) is 0 Å².